The van der Waals surface area contributed by atoms with E-state index in [9.17, 15) is 0 Å². The lowest BCUT2D eigenvalue weighted by Gasteiger charge is -2.12. The molecule has 8 aromatic rings. The second-order valence-corrected chi connectivity index (χ2v) is 12.7. The topological polar surface area (TPSA) is 114 Å². The molecule has 0 atom stereocenters. The molecule has 0 radical (unpaired) electrons. The largest absolute Gasteiger partial charge is 0.481 e. The normalized spacial score (nSPS) is 10.9. The van der Waals surface area contributed by atoms with Gasteiger partial charge in [-0.25, -0.2) is 29.9 Å². The summed E-state index contributed by atoms with van der Waals surface area (Å²) in [6, 6.07) is 47.7. The van der Waals surface area contributed by atoms with Crippen LogP contribution in [0.4, 0.5) is 0 Å². The van der Waals surface area contributed by atoms with Crippen LogP contribution in [-0.4, -0.2) is 58.3 Å². The molecule has 0 aliphatic heterocycles. The predicted molar refractivity (Wildman–Crippen MR) is 217 cm³/mol. The van der Waals surface area contributed by atoms with Crippen LogP contribution >= 0.6 is 0 Å². The summed E-state index contributed by atoms with van der Waals surface area (Å²) in [4.78, 5) is 28.5. The van der Waals surface area contributed by atoms with Crippen LogP contribution in [0.2, 0.25) is 0 Å². The molecule has 0 aliphatic carbocycles. The zero-order valence-corrected chi connectivity index (χ0v) is 31.2. The average molecular weight is 737 g/mol. The Labute approximate surface area is 324 Å². The summed E-state index contributed by atoms with van der Waals surface area (Å²) in [6.07, 6.45) is 0. The minimum absolute atomic E-state index is 0.513. The number of hydrogen-bond donors (Lipinski definition) is 0. The lowest BCUT2D eigenvalue weighted by Crippen LogP contribution is -1.96. The van der Waals surface area contributed by atoms with E-state index < -0.39 is 0 Å². The highest BCUT2D eigenvalue weighted by molar-refractivity contribution is 5.79. The fraction of sp³-hybridized carbons (Fsp3) is 0.0870. The summed E-state index contributed by atoms with van der Waals surface area (Å²) in [5.74, 6) is 2.05. The Kier molecular flexibility index (Phi) is 10.1. The first-order valence-corrected chi connectivity index (χ1v) is 17.8. The van der Waals surface area contributed by atoms with Crippen molar-refractivity contribution in [1.82, 2.24) is 29.9 Å². The Morgan fingerprint density at radius 2 is 0.482 bits per heavy atom. The van der Waals surface area contributed by atoms with Crippen LogP contribution in [0.3, 0.4) is 0 Å². The fourth-order valence-electron chi connectivity index (χ4n) is 6.31. The summed E-state index contributed by atoms with van der Waals surface area (Å²) >= 11 is 0. The van der Waals surface area contributed by atoms with E-state index in [-0.39, 0.29) is 0 Å². The first-order valence-electron chi connectivity index (χ1n) is 17.8. The van der Waals surface area contributed by atoms with E-state index >= 15 is 0 Å². The number of rotatable bonds is 11. The highest BCUT2D eigenvalue weighted by atomic mass is 16.5. The van der Waals surface area contributed by atoms with Crippen LogP contribution in [-0.2, 0) is 0 Å². The lowest BCUT2D eigenvalue weighted by molar-refractivity contribution is 0.398. The van der Waals surface area contributed by atoms with E-state index in [1.54, 1.807) is 28.4 Å². The molecule has 0 aliphatic rings. The average Bonchev–Trinajstić information content (AvgIpc) is 3.28. The molecule has 10 nitrogen and oxygen atoms in total. The Hall–Kier alpha value is -7.46. The van der Waals surface area contributed by atoms with Crippen LogP contribution in [0.25, 0.3) is 78.9 Å². The van der Waals surface area contributed by atoms with Crippen LogP contribution in [0.5, 0.6) is 23.5 Å². The molecule has 0 saturated heterocycles. The van der Waals surface area contributed by atoms with Gasteiger partial charge >= 0.3 is 0 Å². The van der Waals surface area contributed by atoms with Gasteiger partial charge in [0, 0.05) is 24.3 Å². The maximum absolute atomic E-state index is 5.40. The molecule has 0 spiro atoms. The number of benzene rings is 2. The molecule has 0 saturated carbocycles. The Balaban J connectivity index is 1.13. The van der Waals surface area contributed by atoms with E-state index in [2.05, 4.69) is 68.5 Å². The number of ether oxygens (including phenoxy) is 4. The van der Waals surface area contributed by atoms with Gasteiger partial charge in [0.05, 0.1) is 74.0 Å². The van der Waals surface area contributed by atoms with Crippen molar-refractivity contribution in [2.45, 2.75) is 0 Å². The van der Waals surface area contributed by atoms with Gasteiger partial charge in [0.1, 0.15) is 0 Å². The number of pyridine rings is 6. The van der Waals surface area contributed by atoms with Crippen molar-refractivity contribution in [1.29, 1.82) is 0 Å². The molecule has 0 amide bonds. The van der Waals surface area contributed by atoms with E-state index in [0.717, 1.165) is 33.4 Å². The molecular formula is C46H36N6O4. The molecule has 6 aromatic heterocycles. The summed E-state index contributed by atoms with van der Waals surface area (Å²) in [6.45, 7) is 0. The van der Waals surface area contributed by atoms with Crippen LogP contribution in [0.15, 0.2) is 146 Å². The van der Waals surface area contributed by atoms with Gasteiger partial charge in [-0.05, 0) is 81.9 Å². The first kappa shape index (κ1) is 35.6. The van der Waals surface area contributed by atoms with Crippen molar-refractivity contribution >= 4 is 0 Å². The monoisotopic (exact) mass is 736 g/mol. The molecule has 2 aromatic carbocycles. The molecule has 0 fully saturated rings. The third-order valence-electron chi connectivity index (χ3n) is 9.20. The quantitative estimate of drug-likeness (QED) is 0.127. The summed E-state index contributed by atoms with van der Waals surface area (Å²) in [7, 11) is 6.41. The number of methoxy groups -OCH3 is 4. The standard InChI is InChI=1S/C46H36N6O4/c1-53-43-13-5-9-35(49-43)39-25-33(26-40(47-39)36-10-6-14-44(50-36)54-2)31-21-17-29(18-22-31)30-19-23-32(24-20-30)34-27-41(37-11-7-15-45(51-37)55-3)48-42(28-34)38-12-8-16-46(52-38)56-4/h5-28H,1-4H3. The van der Waals surface area contributed by atoms with E-state index in [4.69, 9.17) is 28.9 Å². The molecule has 0 bridgehead atoms. The minimum atomic E-state index is 0.513. The van der Waals surface area contributed by atoms with Crippen molar-refractivity contribution in [3.8, 4) is 102 Å². The van der Waals surface area contributed by atoms with Gasteiger partial charge in [-0.2, -0.15) is 0 Å². The maximum atomic E-state index is 5.40. The van der Waals surface area contributed by atoms with Gasteiger partial charge in [-0.3, -0.25) is 0 Å². The molecule has 0 N–H and O–H groups in total. The zero-order valence-electron chi connectivity index (χ0n) is 31.2. The van der Waals surface area contributed by atoms with Gasteiger partial charge in [-0.1, -0.05) is 72.8 Å². The summed E-state index contributed by atoms with van der Waals surface area (Å²) in [5.41, 5.74) is 11.7. The molecule has 8 rings (SSSR count). The molecule has 274 valence electrons. The van der Waals surface area contributed by atoms with Crippen molar-refractivity contribution in [2.24, 2.45) is 0 Å². The minimum Gasteiger partial charge on any atom is -0.481 e. The summed E-state index contributed by atoms with van der Waals surface area (Å²) in [5, 5.41) is 0. The number of hydrogen-bond acceptors (Lipinski definition) is 10. The SMILES string of the molecule is COc1cccc(-c2cc(-c3ccc(-c4ccc(-c5cc(-c6cccc(OC)n6)nc(-c6cccc(OC)n6)c5)cc4)cc3)cc(-c3cccc(OC)n3)n2)n1. The molecule has 56 heavy (non-hydrogen) atoms. The first-order chi connectivity index (χ1) is 27.5. The van der Waals surface area contributed by atoms with Crippen LogP contribution in [0.1, 0.15) is 0 Å². The Bertz CT molecular complexity index is 2330. The van der Waals surface area contributed by atoms with Crippen molar-refractivity contribution in [3.63, 3.8) is 0 Å². The van der Waals surface area contributed by atoms with Gasteiger partial charge in [-0.15, -0.1) is 0 Å². The van der Waals surface area contributed by atoms with E-state index in [1.807, 2.05) is 97.1 Å². The van der Waals surface area contributed by atoms with E-state index in [0.29, 0.717) is 69.1 Å². The zero-order chi connectivity index (χ0) is 38.4. The number of aromatic nitrogens is 6. The predicted octanol–water partition coefficient (Wildman–Crippen LogP) is 9.76. The molecular weight excluding hydrogens is 701 g/mol. The van der Waals surface area contributed by atoms with E-state index in [1.165, 1.54) is 0 Å². The van der Waals surface area contributed by atoms with Gasteiger partial charge in [0.2, 0.25) is 23.5 Å². The van der Waals surface area contributed by atoms with Crippen LogP contribution < -0.4 is 18.9 Å². The third-order valence-corrected chi connectivity index (χ3v) is 9.20. The highest BCUT2D eigenvalue weighted by Gasteiger charge is 2.15. The maximum Gasteiger partial charge on any atom is 0.213 e. The van der Waals surface area contributed by atoms with Crippen molar-refractivity contribution in [2.75, 3.05) is 28.4 Å². The van der Waals surface area contributed by atoms with Gasteiger partial charge < -0.3 is 18.9 Å². The van der Waals surface area contributed by atoms with Crippen molar-refractivity contribution in [3.05, 3.63) is 146 Å². The Morgan fingerprint density at radius 1 is 0.250 bits per heavy atom. The summed E-state index contributed by atoms with van der Waals surface area (Å²) < 4.78 is 21.6. The molecule has 0 unspecified atom stereocenters. The molecule has 10 heteroatoms. The second kappa shape index (κ2) is 15.9. The fourth-order valence-corrected chi connectivity index (χ4v) is 6.31. The number of nitrogens with zero attached hydrogens (tertiary/aromatic N) is 6. The van der Waals surface area contributed by atoms with Crippen LogP contribution in [0, 0.1) is 0 Å². The second-order valence-electron chi connectivity index (χ2n) is 12.7. The van der Waals surface area contributed by atoms with Gasteiger partial charge in [0.15, 0.2) is 0 Å². The Morgan fingerprint density at radius 3 is 0.714 bits per heavy atom. The lowest BCUT2D eigenvalue weighted by atomic mass is 9.97. The third kappa shape index (κ3) is 7.62. The van der Waals surface area contributed by atoms with Gasteiger partial charge in [0.25, 0.3) is 0 Å². The molecule has 6 heterocycles. The van der Waals surface area contributed by atoms with Crippen molar-refractivity contribution < 1.29 is 18.9 Å². The highest BCUT2D eigenvalue weighted by Crippen LogP contribution is 2.34. The smallest absolute Gasteiger partial charge is 0.213 e.